The zero-order valence-electron chi connectivity index (χ0n) is 15.6. The molecule has 1 fully saturated rings. The number of hydrogen-bond donors (Lipinski definition) is 0. The van der Waals surface area contributed by atoms with Crippen LogP contribution in [0.5, 0.6) is 0 Å². The molecule has 0 atom stereocenters. The highest BCUT2D eigenvalue weighted by molar-refractivity contribution is 7.13. The van der Waals surface area contributed by atoms with Crippen molar-refractivity contribution in [2.75, 3.05) is 31.1 Å². The Kier molecular flexibility index (Phi) is 5.65. The number of nitrogens with zero attached hydrogens (tertiary/aromatic N) is 4. The standard InChI is InChI=1S/C20H16ClFN4O3S/c21-14-3-6-17(18(11-14)26(28)29)24-7-9-25(10-8-24)20(27)16-12-30-19(23-16)13-1-4-15(22)5-2-13/h1-6,11-12H,7-10H2. The molecule has 0 bridgehead atoms. The van der Waals surface area contributed by atoms with Gasteiger partial charge in [0.1, 0.15) is 22.2 Å². The smallest absolute Gasteiger partial charge is 0.294 e. The van der Waals surface area contributed by atoms with Crippen molar-refractivity contribution in [3.05, 3.63) is 74.5 Å². The number of amides is 1. The second kappa shape index (κ2) is 8.37. The molecule has 1 aliphatic heterocycles. The molecule has 2 aromatic carbocycles. The van der Waals surface area contributed by atoms with Crippen LogP contribution in [0.25, 0.3) is 10.6 Å². The van der Waals surface area contributed by atoms with Crippen LogP contribution in [0.1, 0.15) is 10.5 Å². The van der Waals surface area contributed by atoms with Gasteiger partial charge in [-0.3, -0.25) is 14.9 Å². The molecule has 0 N–H and O–H groups in total. The Morgan fingerprint density at radius 3 is 2.50 bits per heavy atom. The molecule has 154 valence electrons. The highest BCUT2D eigenvalue weighted by Crippen LogP contribution is 2.32. The molecule has 2 heterocycles. The Morgan fingerprint density at radius 1 is 1.13 bits per heavy atom. The average molecular weight is 447 g/mol. The summed E-state index contributed by atoms with van der Waals surface area (Å²) in [7, 11) is 0. The summed E-state index contributed by atoms with van der Waals surface area (Å²) in [5.74, 6) is -0.518. The molecule has 4 rings (SSSR count). The van der Waals surface area contributed by atoms with Crippen LogP contribution in [0.2, 0.25) is 5.02 Å². The number of piperazine rings is 1. The first kappa shape index (κ1) is 20.2. The van der Waals surface area contributed by atoms with Crippen LogP contribution in [-0.2, 0) is 0 Å². The van der Waals surface area contributed by atoms with Gasteiger partial charge in [0.25, 0.3) is 11.6 Å². The second-order valence-electron chi connectivity index (χ2n) is 6.71. The predicted octanol–water partition coefficient (Wildman–Crippen LogP) is 4.47. The maximum absolute atomic E-state index is 13.1. The summed E-state index contributed by atoms with van der Waals surface area (Å²) in [5, 5.41) is 14.0. The van der Waals surface area contributed by atoms with Gasteiger partial charge < -0.3 is 9.80 Å². The quantitative estimate of drug-likeness (QED) is 0.436. The van der Waals surface area contributed by atoms with Crippen LogP contribution < -0.4 is 4.90 Å². The molecule has 1 aliphatic rings. The van der Waals surface area contributed by atoms with Gasteiger partial charge in [-0.1, -0.05) is 11.6 Å². The fourth-order valence-corrected chi connectivity index (χ4v) is 4.29. The van der Waals surface area contributed by atoms with E-state index in [0.29, 0.717) is 47.6 Å². The van der Waals surface area contributed by atoms with Crippen molar-refractivity contribution in [3.8, 4) is 10.6 Å². The van der Waals surface area contributed by atoms with Crippen molar-refractivity contribution >= 4 is 40.2 Å². The van der Waals surface area contributed by atoms with E-state index in [1.807, 2.05) is 4.90 Å². The van der Waals surface area contributed by atoms with Gasteiger partial charge in [-0.05, 0) is 36.4 Å². The molecule has 3 aromatic rings. The summed E-state index contributed by atoms with van der Waals surface area (Å²) in [6, 6.07) is 10.5. The van der Waals surface area contributed by atoms with Gasteiger partial charge in [-0.2, -0.15) is 0 Å². The van der Waals surface area contributed by atoms with E-state index in [1.165, 1.54) is 29.5 Å². The topological polar surface area (TPSA) is 79.6 Å². The maximum Gasteiger partial charge on any atom is 0.294 e. The minimum Gasteiger partial charge on any atom is -0.362 e. The summed E-state index contributed by atoms with van der Waals surface area (Å²) in [5.41, 5.74) is 1.53. The summed E-state index contributed by atoms with van der Waals surface area (Å²) in [4.78, 5) is 31.7. The fourth-order valence-electron chi connectivity index (χ4n) is 3.32. The van der Waals surface area contributed by atoms with Crippen molar-refractivity contribution in [2.24, 2.45) is 0 Å². The van der Waals surface area contributed by atoms with Crippen molar-refractivity contribution in [2.45, 2.75) is 0 Å². The Morgan fingerprint density at radius 2 is 1.83 bits per heavy atom. The Bertz CT molecular complexity index is 1100. The highest BCUT2D eigenvalue weighted by atomic mass is 35.5. The third kappa shape index (κ3) is 4.12. The number of rotatable bonds is 4. The van der Waals surface area contributed by atoms with E-state index in [2.05, 4.69) is 4.98 Å². The van der Waals surface area contributed by atoms with Crippen molar-refractivity contribution in [1.82, 2.24) is 9.88 Å². The van der Waals surface area contributed by atoms with Gasteiger partial charge in [0, 0.05) is 48.2 Å². The van der Waals surface area contributed by atoms with Crippen LogP contribution in [-0.4, -0.2) is 46.9 Å². The molecule has 1 saturated heterocycles. The molecule has 0 radical (unpaired) electrons. The molecular formula is C20H16ClFN4O3S. The summed E-state index contributed by atoms with van der Waals surface area (Å²) >= 11 is 7.21. The molecule has 0 spiro atoms. The molecule has 1 aromatic heterocycles. The lowest BCUT2D eigenvalue weighted by molar-refractivity contribution is -0.384. The number of halogens is 2. The maximum atomic E-state index is 13.1. The molecule has 0 aliphatic carbocycles. The minimum atomic E-state index is -0.453. The summed E-state index contributed by atoms with van der Waals surface area (Å²) < 4.78 is 13.1. The third-order valence-electron chi connectivity index (χ3n) is 4.86. The van der Waals surface area contributed by atoms with Gasteiger partial charge in [0.05, 0.1) is 4.92 Å². The van der Waals surface area contributed by atoms with E-state index < -0.39 is 4.92 Å². The van der Waals surface area contributed by atoms with Crippen LogP contribution in [0.3, 0.4) is 0 Å². The number of aromatic nitrogens is 1. The van der Waals surface area contributed by atoms with E-state index in [0.717, 1.165) is 5.56 Å². The number of benzene rings is 2. The number of anilines is 1. The van der Waals surface area contributed by atoms with Crippen LogP contribution >= 0.6 is 22.9 Å². The molecule has 7 nitrogen and oxygen atoms in total. The lowest BCUT2D eigenvalue weighted by Gasteiger charge is -2.35. The molecular weight excluding hydrogens is 431 g/mol. The van der Waals surface area contributed by atoms with E-state index in [-0.39, 0.29) is 17.4 Å². The minimum absolute atomic E-state index is 0.0503. The summed E-state index contributed by atoms with van der Waals surface area (Å²) in [6.07, 6.45) is 0. The van der Waals surface area contributed by atoms with E-state index >= 15 is 0 Å². The zero-order chi connectivity index (χ0) is 21.3. The summed E-state index contributed by atoms with van der Waals surface area (Å²) in [6.45, 7) is 1.76. The number of thiazole rings is 1. The third-order valence-corrected chi connectivity index (χ3v) is 5.98. The van der Waals surface area contributed by atoms with Crippen molar-refractivity contribution < 1.29 is 14.1 Å². The van der Waals surface area contributed by atoms with Crippen LogP contribution in [0, 0.1) is 15.9 Å². The second-order valence-corrected chi connectivity index (χ2v) is 8.01. The van der Waals surface area contributed by atoms with Gasteiger partial charge in [0.15, 0.2) is 0 Å². The molecule has 30 heavy (non-hydrogen) atoms. The first-order valence-electron chi connectivity index (χ1n) is 9.12. The number of nitro benzene ring substituents is 1. The van der Waals surface area contributed by atoms with Crippen LogP contribution in [0.4, 0.5) is 15.8 Å². The van der Waals surface area contributed by atoms with Crippen LogP contribution in [0.15, 0.2) is 47.8 Å². The lowest BCUT2D eigenvalue weighted by Crippen LogP contribution is -2.49. The Hall–Kier alpha value is -3.04. The van der Waals surface area contributed by atoms with Gasteiger partial charge >= 0.3 is 0 Å². The van der Waals surface area contributed by atoms with Gasteiger partial charge in [0.2, 0.25) is 0 Å². The van der Waals surface area contributed by atoms with Gasteiger partial charge in [-0.25, -0.2) is 9.37 Å². The van der Waals surface area contributed by atoms with Crippen molar-refractivity contribution in [3.63, 3.8) is 0 Å². The first-order chi connectivity index (χ1) is 14.4. The van der Waals surface area contributed by atoms with Gasteiger partial charge in [-0.15, -0.1) is 11.3 Å². The normalized spacial score (nSPS) is 14.1. The highest BCUT2D eigenvalue weighted by Gasteiger charge is 2.27. The largest absolute Gasteiger partial charge is 0.362 e. The van der Waals surface area contributed by atoms with E-state index in [1.54, 1.807) is 34.5 Å². The van der Waals surface area contributed by atoms with Crippen molar-refractivity contribution in [1.29, 1.82) is 0 Å². The molecule has 0 saturated carbocycles. The monoisotopic (exact) mass is 446 g/mol. The Labute approximate surface area is 180 Å². The zero-order valence-corrected chi connectivity index (χ0v) is 17.2. The fraction of sp³-hybridized carbons (Fsp3) is 0.200. The average Bonchev–Trinajstić information content (AvgIpc) is 3.24. The molecule has 0 unspecified atom stereocenters. The molecule has 10 heteroatoms. The first-order valence-corrected chi connectivity index (χ1v) is 10.4. The predicted molar refractivity (Wildman–Crippen MR) is 114 cm³/mol. The van der Waals surface area contributed by atoms with E-state index in [9.17, 15) is 19.3 Å². The lowest BCUT2D eigenvalue weighted by atomic mass is 10.2. The Balaban J connectivity index is 1.44. The SMILES string of the molecule is O=C(c1csc(-c2ccc(F)cc2)n1)N1CCN(c2ccc(Cl)cc2[N+](=O)[O-])CC1. The number of hydrogen-bond acceptors (Lipinski definition) is 6. The number of carbonyl (C=O) groups is 1. The number of nitro groups is 1. The molecule has 1 amide bonds. The number of carbonyl (C=O) groups excluding carboxylic acids is 1. The van der Waals surface area contributed by atoms with E-state index in [4.69, 9.17) is 11.6 Å².